The summed E-state index contributed by atoms with van der Waals surface area (Å²) in [6.45, 7) is 0.424. The third-order valence-corrected chi connectivity index (χ3v) is 2.50. The van der Waals surface area contributed by atoms with Crippen LogP contribution < -0.4 is 0 Å². The van der Waals surface area contributed by atoms with Gasteiger partial charge in [-0.1, -0.05) is 30.3 Å². The van der Waals surface area contributed by atoms with Crippen molar-refractivity contribution >= 4 is 5.97 Å². The molecule has 0 amide bonds. The fourth-order valence-corrected chi connectivity index (χ4v) is 1.68. The highest BCUT2D eigenvalue weighted by atomic mass is 16.5. The summed E-state index contributed by atoms with van der Waals surface area (Å²) < 4.78 is 4.81. The maximum Gasteiger partial charge on any atom is 0.312 e. The lowest BCUT2D eigenvalue weighted by molar-refractivity contribution is -0.144. The van der Waals surface area contributed by atoms with Crippen molar-refractivity contribution in [1.29, 1.82) is 0 Å². The topological polar surface area (TPSA) is 46.5 Å². The van der Waals surface area contributed by atoms with Crippen molar-refractivity contribution in [3.63, 3.8) is 0 Å². The van der Waals surface area contributed by atoms with E-state index in [2.05, 4.69) is 0 Å². The minimum absolute atomic E-state index is 0.290. The van der Waals surface area contributed by atoms with Crippen LogP contribution >= 0.6 is 0 Å². The van der Waals surface area contributed by atoms with E-state index >= 15 is 0 Å². The molecule has 0 bridgehead atoms. The average molecular weight is 192 g/mol. The standard InChI is InChI=1S/C11H12O3/c12-10(8-4-2-1-3-5-8)9-6-7-14-11(9)13/h1-5,9-10,12H,6-7H2/t9-,10-/m1/s1. The second-order valence-corrected chi connectivity index (χ2v) is 3.42. The Balaban J connectivity index is 2.16. The van der Waals surface area contributed by atoms with Crippen molar-refractivity contribution in [2.45, 2.75) is 12.5 Å². The minimum atomic E-state index is -0.730. The van der Waals surface area contributed by atoms with Gasteiger partial charge in [0.15, 0.2) is 0 Å². The number of rotatable bonds is 2. The molecule has 1 aliphatic heterocycles. The third kappa shape index (κ3) is 1.63. The Bertz CT molecular complexity index is 321. The molecule has 0 aliphatic carbocycles. The zero-order valence-corrected chi connectivity index (χ0v) is 7.72. The smallest absolute Gasteiger partial charge is 0.312 e. The highest BCUT2D eigenvalue weighted by Crippen LogP contribution is 2.29. The molecule has 74 valence electrons. The van der Waals surface area contributed by atoms with Gasteiger partial charge < -0.3 is 9.84 Å². The molecule has 1 fully saturated rings. The summed E-state index contributed by atoms with van der Waals surface area (Å²) in [7, 11) is 0. The van der Waals surface area contributed by atoms with Crippen LogP contribution in [0.3, 0.4) is 0 Å². The molecule has 1 aromatic carbocycles. The minimum Gasteiger partial charge on any atom is -0.465 e. The van der Waals surface area contributed by atoms with Gasteiger partial charge in [0.1, 0.15) is 0 Å². The van der Waals surface area contributed by atoms with Gasteiger partial charge in [0.05, 0.1) is 18.6 Å². The number of hydrogen-bond donors (Lipinski definition) is 1. The molecule has 3 heteroatoms. The number of carbonyl (C=O) groups excluding carboxylic acids is 1. The largest absolute Gasteiger partial charge is 0.465 e. The first kappa shape index (κ1) is 9.21. The molecule has 0 radical (unpaired) electrons. The van der Waals surface area contributed by atoms with Crippen LogP contribution in [0.4, 0.5) is 0 Å². The lowest BCUT2D eigenvalue weighted by Crippen LogP contribution is -2.17. The van der Waals surface area contributed by atoms with Gasteiger partial charge in [0.2, 0.25) is 0 Å². The Morgan fingerprint density at radius 2 is 2.07 bits per heavy atom. The molecule has 3 nitrogen and oxygen atoms in total. The molecule has 1 heterocycles. The molecule has 1 saturated heterocycles. The average Bonchev–Trinajstić information content (AvgIpc) is 2.65. The van der Waals surface area contributed by atoms with Crippen LogP contribution in [0.15, 0.2) is 30.3 Å². The third-order valence-electron chi connectivity index (χ3n) is 2.50. The van der Waals surface area contributed by atoms with Gasteiger partial charge in [-0.2, -0.15) is 0 Å². The lowest BCUT2D eigenvalue weighted by atomic mass is 9.95. The first-order valence-electron chi connectivity index (χ1n) is 4.68. The first-order valence-corrected chi connectivity index (χ1v) is 4.68. The molecule has 0 saturated carbocycles. The molecular weight excluding hydrogens is 180 g/mol. The van der Waals surface area contributed by atoms with E-state index in [1.165, 1.54) is 0 Å². The van der Waals surface area contributed by atoms with Crippen molar-refractivity contribution in [3.8, 4) is 0 Å². The number of carbonyl (C=O) groups is 1. The number of ether oxygens (including phenoxy) is 1. The Labute approximate surface area is 82.3 Å². The Morgan fingerprint density at radius 3 is 2.64 bits per heavy atom. The van der Waals surface area contributed by atoms with Gasteiger partial charge in [-0.15, -0.1) is 0 Å². The van der Waals surface area contributed by atoms with Crippen molar-refractivity contribution in [3.05, 3.63) is 35.9 Å². The summed E-state index contributed by atoms with van der Waals surface area (Å²) in [4.78, 5) is 11.2. The van der Waals surface area contributed by atoms with E-state index < -0.39 is 12.0 Å². The molecule has 0 spiro atoms. The van der Waals surface area contributed by atoms with Crippen LogP contribution in [-0.4, -0.2) is 17.7 Å². The Morgan fingerprint density at radius 1 is 1.36 bits per heavy atom. The number of hydrogen-bond acceptors (Lipinski definition) is 3. The van der Waals surface area contributed by atoms with Crippen LogP contribution in [0.2, 0.25) is 0 Å². The second kappa shape index (κ2) is 3.80. The summed E-state index contributed by atoms with van der Waals surface area (Å²) >= 11 is 0. The Kier molecular flexibility index (Phi) is 2.50. The predicted octanol–water partition coefficient (Wildman–Crippen LogP) is 1.28. The molecule has 2 rings (SSSR count). The van der Waals surface area contributed by atoms with Crippen LogP contribution in [0.5, 0.6) is 0 Å². The zero-order chi connectivity index (χ0) is 9.97. The summed E-state index contributed by atoms with van der Waals surface area (Å²) in [5, 5.41) is 9.89. The molecular formula is C11H12O3. The molecule has 0 aromatic heterocycles. The fourth-order valence-electron chi connectivity index (χ4n) is 1.68. The van der Waals surface area contributed by atoms with E-state index in [0.29, 0.717) is 13.0 Å². The van der Waals surface area contributed by atoms with Gasteiger partial charge in [-0.3, -0.25) is 4.79 Å². The molecule has 2 atom stereocenters. The summed E-state index contributed by atoms with van der Waals surface area (Å²) in [5.41, 5.74) is 0.774. The lowest BCUT2D eigenvalue weighted by Gasteiger charge is -2.14. The zero-order valence-electron chi connectivity index (χ0n) is 7.72. The second-order valence-electron chi connectivity index (χ2n) is 3.42. The van der Waals surface area contributed by atoms with Gasteiger partial charge in [0.25, 0.3) is 0 Å². The van der Waals surface area contributed by atoms with Crippen LogP contribution in [0.25, 0.3) is 0 Å². The van der Waals surface area contributed by atoms with E-state index in [-0.39, 0.29) is 5.97 Å². The summed E-state index contributed by atoms with van der Waals surface area (Å²) in [6, 6.07) is 9.20. The number of aliphatic hydroxyl groups excluding tert-OH is 1. The maximum absolute atomic E-state index is 11.2. The maximum atomic E-state index is 11.2. The van der Waals surface area contributed by atoms with Gasteiger partial charge >= 0.3 is 5.97 Å². The molecule has 1 aliphatic rings. The summed E-state index contributed by atoms with van der Waals surface area (Å²) in [5.74, 6) is -0.682. The first-order chi connectivity index (χ1) is 6.79. The van der Waals surface area contributed by atoms with Crippen molar-refractivity contribution in [2.24, 2.45) is 5.92 Å². The van der Waals surface area contributed by atoms with Gasteiger partial charge in [-0.05, 0) is 12.0 Å². The molecule has 14 heavy (non-hydrogen) atoms. The highest BCUT2D eigenvalue weighted by Gasteiger charge is 2.33. The Hall–Kier alpha value is -1.35. The van der Waals surface area contributed by atoms with Crippen LogP contribution in [0, 0.1) is 5.92 Å². The fraction of sp³-hybridized carbons (Fsp3) is 0.364. The van der Waals surface area contributed by atoms with Crippen LogP contribution in [0.1, 0.15) is 18.1 Å². The normalized spacial score (nSPS) is 23.2. The van der Waals surface area contributed by atoms with Gasteiger partial charge in [0, 0.05) is 0 Å². The number of aliphatic hydroxyl groups is 1. The van der Waals surface area contributed by atoms with Crippen molar-refractivity contribution in [1.82, 2.24) is 0 Å². The van der Waals surface area contributed by atoms with E-state index in [1.807, 2.05) is 30.3 Å². The SMILES string of the molecule is O=C1OCC[C@@H]1[C@H](O)c1ccccc1. The van der Waals surface area contributed by atoms with E-state index in [0.717, 1.165) is 5.56 Å². The number of cyclic esters (lactones) is 1. The van der Waals surface area contributed by atoms with Crippen molar-refractivity contribution < 1.29 is 14.6 Å². The van der Waals surface area contributed by atoms with E-state index in [4.69, 9.17) is 4.74 Å². The molecule has 0 unspecified atom stereocenters. The van der Waals surface area contributed by atoms with Crippen molar-refractivity contribution in [2.75, 3.05) is 6.61 Å². The number of esters is 1. The summed E-state index contributed by atoms with van der Waals surface area (Å²) in [6.07, 6.45) is -0.124. The number of benzene rings is 1. The highest BCUT2D eigenvalue weighted by molar-refractivity contribution is 5.75. The van der Waals surface area contributed by atoms with Crippen LogP contribution in [-0.2, 0) is 9.53 Å². The van der Waals surface area contributed by atoms with Gasteiger partial charge in [-0.25, -0.2) is 0 Å². The van der Waals surface area contributed by atoms with E-state index in [9.17, 15) is 9.90 Å². The van der Waals surface area contributed by atoms with E-state index in [1.54, 1.807) is 0 Å². The molecule has 1 N–H and O–H groups in total. The quantitative estimate of drug-likeness (QED) is 0.718. The predicted molar refractivity (Wildman–Crippen MR) is 50.5 cm³/mol. The molecule has 1 aromatic rings. The monoisotopic (exact) mass is 192 g/mol.